The Balaban J connectivity index is 1.26. The molecule has 10 heteroatoms. The lowest BCUT2D eigenvalue weighted by atomic mass is 10.2. The number of anilines is 1. The minimum Gasteiger partial charge on any atom is -0.475 e. The van der Waals surface area contributed by atoms with Crippen LogP contribution in [-0.2, 0) is 4.74 Å². The van der Waals surface area contributed by atoms with Crippen molar-refractivity contribution in [3.63, 3.8) is 0 Å². The van der Waals surface area contributed by atoms with Gasteiger partial charge in [-0.15, -0.1) is 22.7 Å². The summed E-state index contributed by atoms with van der Waals surface area (Å²) in [7, 11) is 0. The highest BCUT2D eigenvalue weighted by atomic mass is 32.1. The van der Waals surface area contributed by atoms with E-state index in [4.69, 9.17) is 14.5 Å². The summed E-state index contributed by atoms with van der Waals surface area (Å²) in [6.45, 7) is 5.21. The highest BCUT2D eigenvalue weighted by molar-refractivity contribution is 7.14. The van der Waals surface area contributed by atoms with Crippen LogP contribution in [-0.4, -0.2) is 53.3 Å². The second-order valence-electron chi connectivity index (χ2n) is 7.49. The Morgan fingerprint density at radius 3 is 2.94 bits per heavy atom. The molecule has 31 heavy (non-hydrogen) atoms. The molecule has 1 atom stereocenters. The molecular weight excluding hydrogens is 432 g/mol. The monoisotopic (exact) mass is 456 g/mol. The quantitative estimate of drug-likeness (QED) is 0.580. The summed E-state index contributed by atoms with van der Waals surface area (Å²) in [6.07, 6.45) is 5.24. The first-order valence-electron chi connectivity index (χ1n) is 10.4. The third-order valence-electron chi connectivity index (χ3n) is 5.15. The summed E-state index contributed by atoms with van der Waals surface area (Å²) in [6, 6.07) is 1.97. The normalized spacial score (nSPS) is 18.5. The molecule has 3 aromatic heterocycles. The first-order valence-corrected chi connectivity index (χ1v) is 12.2. The minimum atomic E-state index is 0.182. The molecular formula is C21H24N6O2S2. The van der Waals surface area contributed by atoms with E-state index in [-0.39, 0.29) is 6.10 Å². The van der Waals surface area contributed by atoms with Crippen LogP contribution in [0.5, 0.6) is 5.88 Å². The van der Waals surface area contributed by atoms with E-state index in [1.165, 1.54) is 0 Å². The molecule has 0 aliphatic carbocycles. The van der Waals surface area contributed by atoms with Gasteiger partial charge in [0.15, 0.2) is 11.1 Å². The summed E-state index contributed by atoms with van der Waals surface area (Å²) in [5, 5.41) is 12.3. The van der Waals surface area contributed by atoms with E-state index in [9.17, 15) is 0 Å². The van der Waals surface area contributed by atoms with Gasteiger partial charge < -0.3 is 20.1 Å². The van der Waals surface area contributed by atoms with Gasteiger partial charge in [-0.3, -0.25) is 4.99 Å². The Morgan fingerprint density at radius 2 is 2.13 bits per heavy atom. The van der Waals surface area contributed by atoms with Crippen molar-refractivity contribution >= 4 is 33.8 Å². The zero-order valence-electron chi connectivity index (χ0n) is 17.3. The van der Waals surface area contributed by atoms with E-state index in [0.29, 0.717) is 12.5 Å². The lowest BCUT2D eigenvalue weighted by Gasteiger charge is -2.14. The molecule has 0 saturated carbocycles. The summed E-state index contributed by atoms with van der Waals surface area (Å²) in [5.41, 5.74) is 3.81. The van der Waals surface area contributed by atoms with Crippen molar-refractivity contribution in [2.75, 3.05) is 31.6 Å². The van der Waals surface area contributed by atoms with Crippen LogP contribution in [0, 0.1) is 6.92 Å². The highest BCUT2D eigenvalue weighted by Crippen LogP contribution is 2.32. The smallest absolute Gasteiger partial charge is 0.213 e. The number of ether oxygens (including phenoxy) is 2. The maximum absolute atomic E-state index is 5.82. The van der Waals surface area contributed by atoms with E-state index < -0.39 is 0 Å². The molecule has 162 valence electrons. The molecule has 0 radical (unpaired) electrons. The average Bonchev–Trinajstić information content (AvgIpc) is 3.55. The first-order chi connectivity index (χ1) is 15.2. The van der Waals surface area contributed by atoms with Crippen LogP contribution in [0.1, 0.15) is 24.8 Å². The molecule has 1 unspecified atom stereocenters. The van der Waals surface area contributed by atoms with Gasteiger partial charge in [0, 0.05) is 48.3 Å². The number of rotatable bonds is 6. The SMILES string of the molecule is Cc1cc(OCC2CCCO2)ncc1-c1nc(-c2csc(NC3=NCCCN3)n2)cs1. The van der Waals surface area contributed by atoms with Crippen LogP contribution in [0.15, 0.2) is 28.0 Å². The Bertz CT molecular complexity index is 1070. The Labute approximate surface area is 188 Å². The van der Waals surface area contributed by atoms with Gasteiger partial charge in [0.25, 0.3) is 0 Å². The number of guanidine groups is 1. The second kappa shape index (κ2) is 9.29. The second-order valence-corrected chi connectivity index (χ2v) is 9.21. The molecule has 1 saturated heterocycles. The van der Waals surface area contributed by atoms with Crippen LogP contribution in [0.2, 0.25) is 0 Å². The maximum Gasteiger partial charge on any atom is 0.213 e. The van der Waals surface area contributed by atoms with Crippen molar-refractivity contribution in [2.24, 2.45) is 4.99 Å². The van der Waals surface area contributed by atoms with Crippen LogP contribution >= 0.6 is 22.7 Å². The Morgan fingerprint density at radius 1 is 1.23 bits per heavy atom. The fourth-order valence-corrected chi connectivity index (χ4v) is 5.06. The molecule has 0 amide bonds. The van der Waals surface area contributed by atoms with Crippen LogP contribution in [0.25, 0.3) is 22.0 Å². The summed E-state index contributed by atoms with van der Waals surface area (Å²) < 4.78 is 11.4. The van der Waals surface area contributed by atoms with Crippen LogP contribution in [0.3, 0.4) is 0 Å². The first kappa shape index (κ1) is 20.3. The zero-order chi connectivity index (χ0) is 21.0. The van der Waals surface area contributed by atoms with Gasteiger partial charge in [-0.25, -0.2) is 15.0 Å². The Kier molecular flexibility index (Phi) is 6.10. The van der Waals surface area contributed by atoms with E-state index in [0.717, 1.165) is 77.6 Å². The molecule has 8 nitrogen and oxygen atoms in total. The number of hydrogen-bond acceptors (Lipinski definition) is 10. The van der Waals surface area contributed by atoms with Gasteiger partial charge in [-0.1, -0.05) is 0 Å². The number of nitrogens with zero attached hydrogens (tertiary/aromatic N) is 4. The molecule has 0 spiro atoms. The van der Waals surface area contributed by atoms with Gasteiger partial charge in [0.1, 0.15) is 23.0 Å². The molecule has 5 rings (SSSR count). The van der Waals surface area contributed by atoms with Gasteiger partial charge in [0.2, 0.25) is 5.88 Å². The predicted octanol–water partition coefficient (Wildman–Crippen LogP) is 3.96. The molecule has 1 fully saturated rings. The van der Waals surface area contributed by atoms with Crippen molar-refractivity contribution in [1.29, 1.82) is 0 Å². The van der Waals surface area contributed by atoms with Gasteiger partial charge in [-0.2, -0.15) is 0 Å². The van der Waals surface area contributed by atoms with E-state index in [1.54, 1.807) is 22.7 Å². The number of nitrogens with one attached hydrogen (secondary N) is 2. The van der Waals surface area contributed by atoms with E-state index >= 15 is 0 Å². The predicted molar refractivity (Wildman–Crippen MR) is 124 cm³/mol. The fraction of sp³-hybridized carbons (Fsp3) is 0.429. The van der Waals surface area contributed by atoms with Crippen molar-refractivity contribution in [1.82, 2.24) is 20.3 Å². The number of pyridine rings is 1. The zero-order valence-corrected chi connectivity index (χ0v) is 18.9. The van der Waals surface area contributed by atoms with Crippen molar-refractivity contribution in [3.8, 4) is 27.8 Å². The number of thiazole rings is 2. The molecule has 0 aromatic carbocycles. The third kappa shape index (κ3) is 4.86. The van der Waals surface area contributed by atoms with E-state index in [1.807, 2.05) is 23.0 Å². The van der Waals surface area contributed by atoms with Crippen molar-refractivity contribution in [3.05, 3.63) is 28.6 Å². The van der Waals surface area contributed by atoms with Crippen molar-refractivity contribution < 1.29 is 9.47 Å². The number of aryl methyl sites for hydroxylation is 1. The lowest BCUT2D eigenvalue weighted by molar-refractivity contribution is 0.0663. The van der Waals surface area contributed by atoms with Gasteiger partial charge in [-0.05, 0) is 31.7 Å². The van der Waals surface area contributed by atoms with Crippen LogP contribution in [0.4, 0.5) is 5.13 Å². The topological polar surface area (TPSA) is 93.5 Å². The van der Waals surface area contributed by atoms with Gasteiger partial charge in [0.05, 0.1) is 6.10 Å². The third-order valence-corrected chi connectivity index (χ3v) is 6.78. The Hall–Kier alpha value is -2.56. The maximum atomic E-state index is 5.82. The molecule has 5 heterocycles. The van der Waals surface area contributed by atoms with E-state index in [2.05, 4.69) is 32.5 Å². The summed E-state index contributed by atoms with van der Waals surface area (Å²) in [5.74, 6) is 1.41. The molecule has 3 aromatic rings. The lowest BCUT2D eigenvalue weighted by Crippen LogP contribution is -2.35. The summed E-state index contributed by atoms with van der Waals surface area (Å²) in [4.78, 5) is 18.4. The number of aliphatic imine (C=N–C) groups is 1. The number of aromatic nitrogens is 3. The highest BCUT2D eigenvalue weighted by Gasteiger charge is 2.17. The number of hydrogen-bond donors (Lipinski definition) is 2. The molecule has 2 N–H and O–H groups in total. The van der Waals surface area contributed by atoms with Crippen molar-refractivity contribution in [2.45, 2.75) is 32.3 Å². The fourth-order valence-electron chi connectivity index (χ4n) is 3.47. The minimum absolute atomic E-state index is 0.182. The molecule has 0 bridgehead atoms. The molecule has 2 aliphatic rings. The summed E-state index contributed by atoms with van der Waals surface area (Å²) >= 11 is 3.14. The largest absolute Gasteiger partial charge is 0.475 e. The van der Waals surface area contributed by atoms with Gasteiger partial charge >= 0.3 is 0 Å². The van der Waals surface area contributed by atoms with Crippen LogP contribution < -0.4 is 15.4 Å². The average molecular weight is 457 g/mol. The molecule has 2 aliphatic heterocycles. The standard InChI is InChI=1S/C21H24N6O2S2/c1-13-8-18(29-10-14-4-2-7-28-14)24-9-15(13)19-25-16(11-30-19)17-12-31-21(26-17)27-20-22-5-3-6-23-20/h8-9,11-12,14H,2-7,10H2,1H3,(H2,22,23,26,27).